The van der Waals surface area contributed by atoms with Gasteiger partial charge in [-0.2, -0.15) is 0 Å². The van der Waals surface area contributed by atoms with Crippen LogP contribution in [-0.4, -0.2) is 6.61 Å². The molecule has 4 heteroatoms. The minimum Gasteiger partial charge on any atom is -0.489 e. The number of allylic oxidation sites excluding steroid dienone is 11. The molecule has 2 heterocycles. The molecule has 0 N–H and O–H groups in total. The van der Waals surface area contributed by atoms with Gasteiger partial charge in [-0.3, -0.25) is 0 Å². The van der Waals surface area contributed by atoms with Gasteiger partial charge in [0.2, 0.25) is 0 Å². The van der Waals surface area contributed by atoms with Gasteiger partial charge in [0.1, 0.15) is 23.7 Å². The molecule has 2 aromatic heterocycles. The van der Waals surface area contributed by atoms with Crippen molar-refractivity contribution in [1.82, 2.24) is 0 Å². The lowest BCUT2D eigenvalue weighted by atomic mass is 10.0. The van der Waals surface area contributed by atoms with Crippen molar-refractivity contribution in [3.63, 3.8) is 0 Å². The number of ether oxygens (including phenoxy) is 1. The number of fused-ring (bicyclic) bond motifs is 4. The van der Waals surface area contributed by atoms with Gasteiger partial charge in [-0.05, 0) is 115 Å². The molecule has 1 aliphatic rings. The number of rotatable bonds is 13. The molecule has 53 heavy (non-hydrogen) atoms. The van der Waals surface area contributed by atoms with E-state index in [4.69, 9.17) is 9.15 Å². The van der Waals surface area contributed by atoms with E-state index in [9.17, 15) is 0 Å². The summed E-state index contributed by atoms with van der Waals surface area (Å²) in [6, 6.07) is 21.1. The molecule has 0 fully saturated rings. The minimum atomic E-state index is 0.405. The molecule has 0 unspecified atom stereocenters. The summed E-state index contributed by atoms with van der Waals surface area (Å²) >= 11 is 1.85. The Balaban J connectivity index is 0.00000266. The second-order valence-corrected chi connectivity index (χ2v) is 13.1. The van der Waals surface area contributed by atoms with Crippen LogP contribution >= 0.6 is 11.3 Å². The summed E-state index contributed by atoms with van der Waals surface area (Å²) in [7, 11) is 0. The van der Waals surface area contributed by atoms with E-state index < -0.39 is 0 Å². The highest BCUT2D eigenvalue weighted by atomic mass is 32.1. The number of benzene rings is 3. The van der Waals surface area contributed by atoms with E-state index in [0.717, 1.165) is 62.5 Å². The molecule has 268 valence electrons. The van der Waals surface area contributed by atoms with Crippen molar-refractivity contribution in [2.24, 2.45) is 0 Å². The van der Waals surface area contributed by atoms with E-state index >= 15 is 0 Å². The fourth-order valence-electron chi connectivity index (χ4n) is 6.34. The number of nitrogens with zero attached hydrogens (tertiary/aromatic N) is 1. The van der Waals surface area contributed by atoms with E-state index in [1.807, 2.05) is 69.4 Å². The predicted octanol–water partition coefficient (Wildman–Crippen LogP) is 13.2. The molecular weight excluding hydrogens is 667 g/mol. The van der Waals surface area contributed by atoms with E-state index in [-0.39, 0.29) is 0 Å². The molecule has 0 aliphatic heterocycles. The summed E-state index contributed by atoms with van der Waals surface area (Å²) in [4.78, 5) is 2.19. The second kappa shape index (κ2) is 18.6. The van der Waals surface area contributed by atoms with Crippen LogP contribution in [0.3, 0.4) is 0 Å². The number of hydrogen-bond donors (Lipinski definition) is 0. The maximum absolute atomic E-state index is 6.15. The van der Waals surface area contributed by atoms with Crippen molar-refractivity contribution in [2.75, 3.05) is 11.5 Å². The monoisotopic (exact) mass is 715 g/mol. The lowest BCUT2D eigenvalue weighted by Gasteiger charge is -2.23. The Morgan fingerprint density at radius 2 is 1.68 bits per heavy atom. The third kappa shape index (κ3) is 8.63. The van der Waals surface area contributed by atoms with Gasteiger partial charge in [-0.15, -0.1) is 11.3 Å². The predicted molar refractivity (Wildman–Crippen MR) is 235 cm³/mol. The smallest absolute Gasteiger partial charge is 0.135 e. The SMILES string of the molecule is C=CCOc1ccc(N(/C=C/C=C(\C=C/C)C2=CC=c3sc4ccccc4c3=CC2)c2ccc3oc(C=C)c(/C=C\C)c3c2)cc1C(=C)/C=C\C.CC. The van der Waals surface area contributed by atoms with Crippen molar-refractivity contribution < 1.29 is 9.15 Å². The first-order chi connectivity index (χ1) is 26.0. The molecule has 0 saturated heterocycles. The summed E-state index contributed by atoms with van der Waals surface area (Å²) in [6.45, 7) is 22.6. The van der Waals surface area contributed by atoms with Crippen LogP contribution in [0.5, 0.6) is 5.75 Å². The maximum Gasteiger partial charge on any atom is 0.135 e. The fraction of sp³-hybridized carbons (Fsp3) is 0.143. The third-order valence-electron chi connectivity index (χ3n) is 8.70. The molecule has 0 saturated carbocycles. The van der Waals surface area contributed by atoms with Crippen LogP contribution in [-0.2, 0) is 0 Å². The zero-order valence-corrected chi connectivity index (χ0v) is 32.4. The first-order valence-electron chi connectivity index (χ1n) is 18.2. The van der Waals surface area contributed by atoms with E-state index in [1.54, 1.807) is 12.2 Å². The van der Waals surface area contributed by atoms with Crippen LogP contribution in [0.4, 0.5) is 11.4 Å². The molecule has 3 nitrogen and oxygen atoms in total. The lowest BCUT2D eigenvalue weighted by molar-refractivity contribution is 0.362. The van der Waals surface area contributed by atoms with Gasteiger partial charge in [0, 0.05) is 43.3 Å². The Morgan fingerprint density at radius 1 is 0.906 bits per heavy atom. The largest absolute Gasteiger partial charge is 0.489 e. The van der Waals surface area contributed by atoms with Crippen LogP contribution in [0.25, 0.3) is 50.9 Å². The summed E-state index contributed by atoms with van der Waals surface area (Å²) in [5, 5.41) is 3.66. The van der Waals surface area contributed by atoms with Gasteiger partial charge in [0.15, 0.2) is 0 Å². The van der Waals surface area contributed by atoms with Gasteiger partial charge >= 0.3 is 0 Å². The van der Waals surface area contributed by atoms with Crippen LogP contribution in [0.2, 0.25) is 0 Å². The molecule has 1 aliphatic carbocycles. The Labute approximate surface area is 318 Å². The first-order valence-corrected chi connectivity index (χ1v) is 19.0. The van der Waals surface area contributed by atoms with Crippen molar-refractivity contribution >= 4 is 73.6 Å². The van der Waals surface area contributed by atoms with Crippen molar-refractivity contribution in [1.29, 1.82) is 0 Å². The molecule has 5 aromatic rings. The van der Waals surface area contributed by atoms with Gasteiger partial charge in [0.25, 0.3) is 0 Å². The van der Waals surface area contributed by atoms with Crippen molar-refractivity contribution in [2.45, 2.75) is 41.0 Å². The summed E-state index contributed by atoms with van der Waals surface area (Å²) in [5.74, 6) is 1.51. The van der Waals surface area contributed by atoms with E-state index in [2.05, 4.69) is 135 Å². The number of hydrogen-bond acceptors (Lipinski definition) is 4. The quantitative estimate of drug-likeness (QED) is 0.0896. The standard InChI is InChI=1S/C47H43NO2S.C2H6/c1-7-15-33(6)41-31-36(23-26-44(41)49-30-10-4)48(37-24-27-45-42(32-37)38(17-9-3)43(11-5)50-45)29-14-18-34(16-8-2)35-21-25-40-39-19-12-13-20-46(39)51-47(40)28-22-35;1-2/h7-20,22-29,31-32H,4-6,21,30H2,1-3H3;1-2H3/b15-7-,16-8-,17-9-,29-14+,34-18+;. The molecule has 0 spiro atoms. The second-order valence-electron chi connectivity index (χ2n) is 12.0. The summed E-state index contributed by atoms with van der Waals surface area (Å²) in [6.07, 6.45) is 30.1. The Bertz CT molecular complexity index is 2440. The normalized spacial score (nSPS) is 13.1. The fourth-order valence-corrected chi connectivity index (χ4v) is 7.45. The first kappa shape index (κ1) is 38.4. The number of thiophene rings is 1. The molecule has 6 rings (SSSR count). The summed E-state index contributed by atoms with van der Waals surface area (Å²) in [5.41, 5.74) is 7.96. The summed E-state index contributed by atoms with van der Waals surface area (Å²) < 4.78 is 14.8. The van der Waals surface area contributed by atoms with Gasteiger partial charge in [-0.25, -0.2) is 0 Å². The molecule has 0 bridgehead atoms. The topological polar surface area (TPSA) is 25.6 Å². The zero-order chi connectivity index (χ0) is 37.7. The molecular formula is C49H49NO2S. The van der Waals surface area contributed by atoms with Crippen molar-refractivity contribution in [3.8, 4) is 5.75 Å². The Morgan fingerprint density at radius 3 is 2.43 bits per heavy atom. The maximum atomic E-state index is 6.15. The van der Waals surface area contributed by atoms with Gasteiger partial charge in [0.05, 0.1) is 0 Å². The zero-order valence-electron chi connectivity index (χ0n) is 31.6. The van der Waals surface area contributed by atoms with Crippen molar-refractivity contribution in [3.05, 3.63) is 179 Å². The van der Waals surface area contributed by atoms with Gasteiger partial charge < -0.3 is 14.1 Å². The third-order valence-corrected chi connectivity index (χ3v) is 9.85. The molecule has 3 aromatic carbocycles. The van der Waals surface area contributed by atoms with Crippen LogP contribution in [0.1, 0.15) is 57.9 Å². The average molecular weight is 716 g/mol. The number of anilines is 2. The molecule has 0 atom stereocenters. The highest BCUT2D eigenvalue weighted by molar-refractivity contribution is 7.17. The molecule has 0 amide bonds. The van der Waals surface area contributed by atoms with Crippen LogP contribution in [0, 0.1) is 0 Å². The Hall–Kier alpha value is -5.84. The van der Waals surface area contributed by atoms with E-state index in [1.165, 1.54) is 25.4 Å². The van der Waals surface area contributed by atoms with Crippen LogP contribution in [0.15, 0.2) is 157 Å². The minimum absolute atomic E-state index is 0.405. The highest BCUT2D eigenvalue weighted by Gasteiger charge is 2.16. The average Bonchev–Trinajstić information content (AvgIpc) is 3.65. The lowest BCUT2D eigenvalue weighted by Crippen LogP contribution is -2.17. The van der Waals surface area contributed by atoms with Crippen LogP contribution < -0.4 is 19.4 Å². The Kier molecular flexibility index (Phi) is 13.5. The van der Waals surface area contributed by atoms with Gasteiger partial charge in [-0.1, -0.05) is 113 Å². The van der Waals surface area contributed by atoms with E-state index in [0.29, 0.717) is 6.61 Å². The number of furan rings is 1. The highest BCUT2D eigenvalue weighted by Crippen LogP contribution is 2.37. The molecule has 0 radical (unpaired) electrons.